The molecule has 0 heterocycles. The lowest BCUT2D eigenvalue weighted by molar-refractivity contribution is -0.137. The number of sulfonamides is 1. The number of rotatable bonds is 5. The summed E-state index contributed by atoms with van der Waals surface area (Å²) in [5, 5.41) is 0. The van der Waals surface area contributed by atoms with E-state index < -0.39 is 21.8 Å². The normalized spacial score (nSPS) is 11.5. The molecule has 0 spiro atoms. The second-order valence-electron chi connectivity index (χ2n) is 5.05. The summed E-state index contributed by atoms with van der Waals surface area (Å²) in [4.78, 5) is -0.0562. The number of hydrogen-bond acceptors (Lipinski definition) is 3. The van der Waals surface area contributed by atoms with Crippen molar-refractivity contribution in [3.8, 4) is 17.6 Å². The minimum atomic E-state index is -4.53. The number of hydrogen-bond donors (Lipinski definition) is 1. The molecule has 0 radical (unpaired) electrons. The highest BCUT2D eigenvalue weighted by atomic mass is 32.2. The molecule has 0 aliphatic carbocycles. The molecule has 0 bridgehead atoms. The molecule has 0 aliphatic rings. The lowest BCUT2D eigenvalue weighted by atomic mass is 10.1. The van der Waals surface area contributed by atoms with Crippen LogP contribution in [0.4, 0.5) is 13.2 Å². The van der Waals surface area contributed by atoms with Crippen molar-refractivity contribution in [2.45, 2.75) is 18.0 Å². The molecule has 0 fully saturated rings. The van der Waals surface area contributed by atoms with Gasteiger partial charge in [0.25, 0.3) is 0 Å². The molecule has 2 aromatic rings. The molecule has 0 saturated carbocycles. The fourth-order valence-electron chi connectivity index (χ4n) is 2.13. The Balaban J connectivity index is 2.16. The zero-order valence-corrected chi connectivity index (χ0v) is 14.6. The van der Waals surface area contributed by atoms with Crippen molar-refractivity contribution < 1.29 is 26.3 Å². The number of nitrogens with one attached hydrogen (secondary N) is 1. The van der Waals surface area contributed by atoms with Crippen LogP contribution < -0.4 is 9.46 Å². The summed E-state index contributed by atoms with van der Waals surface area (Å²) in [5.74, 6) is 4.96. The van der Waals surface area contributed by atoms with E-state index >= 15 is 0 Å². The third-order valence-corrected chi connectivity index (χ3v) is 4.69. The monoisotopic (exact) mass is 383 g/mol. The van der Waals surface area contributed by atoms with Gasteiger partial charge in [-0.1, -0.05) is 36.1 Å². The quantitative estimate of drug-likeness (QED) is 0.805. The van der Waals surface area contributed by atoms with E-state index in [-0.39, 0.29) is 22.8 Å². The highest BCUT2D eigenvalue weighted by Crippen LogP contribution is 2.31. The molecule has 8 heteroatoms. The fraction of sp³-hybridized carbons (Fsp3) is 0.222. The molecule has 2 rings (SSSR count). The Bertz CT molecular complexity index is 928. The molecule has 0 amide bonds. The van der Waals surface area contributed by atoms with Crippen LogP contribution in [-0.2, 0) is 16.2 Å². The molecule has 1 N–H and O–H groups in total. The van der Waals surface area contributed by atoms with Crippen LogP contribution in [0.2, 0.25) is 0 Å². The van der Waals surface area contributed by atoms with Gasteiger partial charge < -0.3 is 4.74 Å². The van der Waals surface area contributed by atoms with Gasteiger partial charge in [0.1, 0.15) is 10.6 Å². The molecule has 4 nitrogen and oxygen atoms in total. The summed E-state index contributed by atoms with van der Waals surface area (Å²) in [5.41, 5.74) is -1.08. The Kier molecular flexibility index (Phi) is 6.29. The Hall–Kier alpha value is -2.50. The van der Waals surface area contributed by atoms with Crippen molar-refractivity contribution in [1.82, 2.24) is 4.72 Å². The van der Waals surface area contributed by atoms with Gasteiger partial charge in [0.05, 0.1) is 18.7 Å². The van der Waals surface area contributed by atoms with Crippen molar-refractivity contribution in [3.63, 3.8) is 0 Å². The van der Waals surface area contributed by atoms with Crippen LogP contribution in [0.3, 0.4) is 0 Å². The van der Waals surface area contributed by atoms with E-state index in [1.165, 1.54) is 30.3 Å². The molecule has 0 aliphatic heterocycles. The third kappa shape index (κ3) is 5.00. The van der Waals surface area contributed by atoms with Crippen LogP contribution in [-0.4, -0.2) is 21.6 Å². The van der Waals surface area contributed by atoms with Gasteiger partial charge in [0.15, 0.2) is 0 Å². The average Bonchev–Trinajstić information content (AvgIpc) is 2.59. The van der Waals surface area contributed by atoms with Gasteiger partial charge in [-0.3, -0.25) is 0 Å². The second-order valence-corrected chi connectivity index (χ2v) is 6.78. The summed E-state index contributed by atoms with van der Waals surface area (Å²) in [6.07, 6.45) is -4.53. The number of halogens is 3. The summed E-state index contributed by atoms with van der Waals surface area (Å²) >= 11 is 0. The van der Waals surface area contributed by atoms with Gasteiger partial charge in [-0.05, 0) is 31.2 Å². The van der Waals surface area contributed by atoms with Gasteiger partial charge in [-0.25, -0.2) is 8.42 Å². The molecule has 138 valence electrons. The predicted octanol–water partition coefficient (Wildman–Crippen LogP) is 3.43. The third-order valence-electron chi connectivity index (χ3n) is 3.24. The lowest BCUT2D eigenvalue weighted by Gasteiger charge is -2.10. The van der Waals surface area contributed by atoms with Crippen LogP contribution >= 0.6 is 0 Å². The molecule has 0 aromatic heterocycles. The maximum atomic E-state index is 12.9. The van der Waals surface area contributed by atoms with Crippen molar-refractivity contribution >= 4 is 10.0 Å². The van der Waals surface area contributed by atoms with Crippen LogP contribution in [0.15, 0.2) is 53.4 Å². The van der Waals surface area contributed by atoms with Crippen LogP contribution in [0.25, 0.3) is 0 Å². The highest BCUT2D eigenvalue weighted by molar-refractivity contribution is 7.89. The van der Waals surface area contributed by atoms with Gasteiger partial charge in [0, 0.05) is 5.56 Å². The van der Waals surface area contributed by atoms with Crippen LogP contribution in [0, 0.1) is 11.8 Å². The Morgan fingerprint density at radius 1 is 1.08 bits per heavy atom. The largest absolute Gasteiger partial charge is 0.492 e. The molecule has 26 heavy (non-hydrogen) atoms. The van der Waals surface area contributed by atoms with Crippen molar-refractivity contribution in [1.29, 1.82) is 0 Å². The van der Waals surface area contributed by atoms with Gasteiger partial charge in [-0.2, -0.15) is 17.9 Å². The number of para-hydroxylation sites is 1. The zero-order valence-electron chi connectivity index (χ0n) is 13.8. The first-order chi connectivity index (χ1) is 12.3. The molecule has 2 aromatic carbocycles. The van der Waals surface area contributed by atoms with Crippen LogP contribution in [0.5, 0.6) is 5.75 Å². The average molecular weight is 383 g/mol. The topological polar surface area (TPSA) is 55.4 Å². The van der Waals surface area contributed by atoms with E-state index in [1.54, 1.807) is 19.1 Å². The first-order valence-corrected chi connectivity index (χ1v) is 9.10. The van der Waals surface area contributed by atoms with E-state index in [1.807, 2.05) is 0 Å². The molecule has 0 unspecified atom stereocenters. The number of alkyl halides is 3. The van der Waals surface area contributed by atoms with E-state index in [9.17, 15) is 21.6 Å². The predicted molar refractivity (Wildman–Crippen MR) is 91.1 cm³/mol. The first-order valence-electron chi connectivity index (χ1n) is 7.62. The molecular weight excluding hydrogens is 367 g/mol. The summed E-state index contributed by atoms with van der Waals surface area (Å²) in [6.45, 7) is 1.68. The van der Waals surface area contributed by atoms with Gasteiger partial charge in [0.2, 0.25) is 10.0 Å². The first kappa shape index (κ1) is 19.8. The second kappa shape index (κ2) is 8.25. The SMILES string of the molecule is CCOc1ccccc1S(=O)(=O)NCC#Cc1ccccc1C(F)(F)F. The maximum absolute atomic E-state index is 12.9. The minimum absolute atomic E-state index is 0.0562. The van der Waals surface area contributed by atoms with Crippen molar-refractivity contribution in [2.24, 2.45) is 0 Å². The highest BCUT2D eigenvalue weighted by Gasteiger charge is 2.32. The van der Waals surface area contributed by atoms with Gasteiger partial charge >= 0.3 is 6.18 Å². The molecule has 0 atom stereocenters. The zero-order chi connectivity index (χ0) is 19.2. The van der Waals surface area contributed by atoms with E-state index in [0.717, 1.165) is 6.07 Å². The summed E-state index contributed by atoms with van der Waals surface area (Å²) in [6, 6.07) is 10.9. The van der Waals surface area contributed by atoms with Gasteiger partial charge in [-0.15, -0.1) is 0 Å². The van der Waals surface area contributed by atoms with Crippen molar-refractivity contribution in [3.05, 3.63) is 59.7 Å². The Labute approximate surface area is 150 Å². The van der Waals surface area contributed by atoms with E-state index in [0.29, 0.717) is 6.61 Å². The lowest BCUT2D eigenvalue weighted by Crippen LogP contribution is -2.24. The molecular formula is C18H16F3NO3S. The molecule has 0 saturated heterocycles. The Morgan fingerprint density at radius 3 is 2.42 bits per heavy atom. The summed E-state index contributed by atoms with van der Waals surface area (Å²) < 4.78 is 70.8. The Morgan fingerprint density at radius 2 is 1.73 bits per heavy atom. The number of ether oxygens (including phenoxy) is 1. The van der Waals surface area contributed by atoms with Crippen molar-refractivity contribution in [2.75, 3.05) is 13.2 Å². The standard InChI is InChI=1S/C18H16F3NO3S/c1-2-25-16-11-5-6-12-17(16)26(23,24)22-13-7-9-14-8-3-4-10-15(14)18(19,20)21/h3-6,8,10-12,22H,2,13H2,1H3. The maximum Gasteiger partial charge on any atom is 0.417 e. The minimum Gasteiger partial charge on any atom is -0.492 e. The fourth-order valence-corrected chi connectivity index (χ4v) is 3.20. The number of benzene rings is 2. The van der Waals surface area contributed by atoms with E-state index in [2.05, 4.69) is 16.6 Å². The van der Waals surface area contributed by atoms with E-state index in [4.69, 9.17) is 4.74 Å². The smallest absolute Gasteiger partial charge is 0.417 e. The van der Waals surface area contributed by atoms with Crippen LogP contribution in [0.1, 0.15) is 18.1 Å². The summed E-state index contributed by atoms with van der Waals surface area (Å²) in [7, 11) is -3.91.